The first-order valence-electron chi connectivity index (χ1n) is 2.22. The predicted octanol–water partition coefficient (Wildman–Crippen LogP) is 2.10. The molecule has 0 unspecified atom stereocenters. The number of rotatable bonds is 3. The first kappa shape index (κ1) is 8.65. The van der Waals surface area contributed by atoms with E-state index >= 15 is 0 Å². The summed E-state index contributed by atoms with van der Waals surface area (Å²) in [6, 6.07) is 0. The summed E-state index contributed by atoms with van der Waals surface area (Å²) in [7, 11) is 0. The SMILES string of the molecule is FCC(C(F)F)C(F)F. The summed E-state index contributed by atoms with van der Waals surface area (Å²) in [5.41, 5.74) is 0. The lowest BCUT2D eigenvalue weighted by molar-refractivity contribution is -0.0368. The van der Waals surface area contributed by atoms with Crippen LogP contribution in [0, 0.1) is 5.92 Å². The van der Waals surface area contributed by atoms with E-state index in [9.17, 15) is 22.0 Å². The minimum absolute atomic E-state index is 1.67. The van der Waals surface area contributed by atoms with Crippen LogP contribution in [-0.4, -0.2) is 19.5 Å². The second-order valence-electron chi connectivity index (χ2n) is 1.49. The third-order valence-electron chi connectivity index (χ3n) is 0.825. The second-order valence-corrected chi connectivity index (χ2v) is 1.49. The quantitative estimate of drug-likeness (QED) is 0.537. The Morgan fingerprint density at radius 1 is 0.889 bits per heavy atom. The Balaban J connectivity index is 3.68. The second kappa shape index (κ2) is 3.63. The molecule has 0 saturated carbocycles. The van der Waals surface area contributed by atoms with Gasteiger partial charge in [-0.2, -0.15) is 0 Å². The Morgan fingerprint density at radius 2 is 1.22 bits per heavy atom. The molecule has 56 valence electrons. The van der Waals surface area contributed by atoms with Crippen molar-refractivity contribution in [3.63, 3.8) is 0 Å². The summed E-state index contributed by atoms with van der Waals surface area (Å²) in [6.07, 6.45) is -6.54. The Kier molecular flexibility index (Phi) is 3.49. The van der Waals surface area contributed by atoms with Gasteiger partial charge in [-0.15, -0.1) is 0 Å². The minimum Gasteiger partial charge on any atom is -0.250 e. The fourth-order valence-electron chi connectivity index (χ4n) is 0.245. The molecule has 0 aliphatic heterocycles. The molecule has 0 atom stereocenters. The number of halogens is 5. The summed E-state index contributed by atoms with van der Waals surface area (Å²) < 4.78 is 56.1. The van der Waals surface area contributed by atoms with Crippen molar-refractivity contribution in [2.75, 3.05) is 6.67 Å². The van der Waals surface area contributed by atoms with Crippen LogP contribution >= 0.6 is 0 Å². The fraction of sp³-hybridized carbons (Fsp3) is 1.00. The lowest BCUT2D eigenvalue weighted by Crippen LogP contribution is -2.21. The summed E-state index contributed by atoms with van der Waals surface area (Å²) in [4.78, 5) is 0. The van der Waals surface area contributed by atoms with E-state index in [2.05, 4.69) is 0 Å². The van der Waals surface area contributed by atoms with E-state index in [0.29, 0.717) is 0 Å². The molecule has 0 aromatic heterocycles. The first-order chi connectivity index (χ1) is 4.09. The normalized spacial score (nSPS) is 12.0. The molecule has 0 amide bonds. The van der Waals surface area contributed by atoms with Crippen molar-refractivity contribution < 1.29 is 22.0 Å². The molecule has 0 spiro atoms. The molecule has 0 nitrogen and oxygen atoms in total. The molecule has 0 radical (unpaired) electrons. The third-order valence-corrected chi connectivity index (χ3v) is 0.825. The number of alkyl halides is 5. The molecule has 0 bridgehead atoms. The largest absolute Gasteiger partial charge is 0.250 e. The number of hydrogen-bond acceptors (Lipinski definition) is 0. The van der Waals surface area contributed by atoms with Crippen molar-refractivity contribution in [2.24, 2.45) is 5.92 Å². The van der Waals surface area contributed by atoms with Crippen molar-refractivity contribution in [1.29, 1.82) is 0 Å². The van der Waals surface area contributed by atoms with Gasteiger partial charge in [0.2, 0.25) is 12.9 Å². The molecule has 0 aromatic rings. The molecule has 0 aromatic carbocycles. The van der Waals surface area contributed by atoms with Gasteiger partial charge in [0.05, 0.1) is 0 Å². The van der Waals surface area contributed by atoms with Crippen LogP contribution < -0.4 is 0 Å². The van der Waals surface area contributed by atoms with Crippen molar-refractivity contribution in [2.45, 2.75) is 12.9 Å². The zero-order chi connectivity index (χ0) is 7.44. The van der Waals surface area contributed by atoms with E-state index in [1.807, 2.05) is 0 Å². The van der Waals surface area contributed by atoms with Crippen molar-refractivity contribution in [3.05, 3.63) is 0 Å². The van der Waals surface area contributed by atoms with E-state index < -0.39 is 25.4 Å². The van der Waals surface area contributed by atoms with Gasteiger partial charge < -0.3 is 0 Å². The van der Waals surface area contributed by atoms with Gasteiger partial charge in [-0.25, -0.2) is 17.6 Å². The van der Waals surface area contributed by atoms with Gasteiger partial charge in [0.25, 0.3) is 0 Å². The lowest BCUT2D eigenvalue weighted by Gasteiger charge is -2.08. The van der Waals surface area contributed by atoms with E-state index in [4.69, 9.17) is 0 Å². The third kappa shape index (κ3) is 2.62. The molecule has 0 aliphatic carbocycles. The van der Waals surface area contributed by atoms with Gasteiger partial charge in [-0.3, -0.25) is 4.39 Å². The molecule has 0 fully saturated rings. The van der Waals surface area contributed by atoms with Crippen molar-refractivity contribution in [3.8, 4) is 0 Å². The summed E-state index contributed by atoms with van der Waals surface area (Å²) >= 11 is 0. The summed E-state index contributed by atoms with van der Waals surface area (Å²) in [6.45, 7) is -1.67. The highest BCUT2D eigenvalue weighted by atomic mass is 19.3. The molecule has 0 rings (SSSR count). The topological polar surface area (TPSA) is 0 Å². The summed E-state index contributed by atoms with van der Waals surface area (Å²) in [5.74, 6) is -2.41. The summed E-state index contributed by atoms with van der Waals surface area (Å²) in [5, 5.41) is 0. The van der Waals surface area contributed by atoms with Gasteiger partial charge in [-0.05, 0) is 0 Å². The molecule has 9 heavy (non-hydrogen) atoms. The fourth-order valence-corrected chi connectivity index (χ4v) is 0.245. The van der Waals surface area contributed by atoms with E-state index in [1.54, 1.807) is 0 Å². The lowest BCUT2D eigenvalue weighted by atomic mass is 10.2. The average Bonchev–Trinajstić information content (AvgIpc) is 1.64. The zero-order valence-corrected chi connectivity index (χ0v) is 4.33. The van der Waals surface area contributed by atoms with Gasteiger partial charge in [-0.1, -0.05) is 0 Å². The van der Waals surface area contributed by atoms with Crippen LogP contribution in [0.3, 0.4) is 0 Å². The Morgan fingerprint density at radius 3 is 1.22 bits per heavy atom. The maximum atomic E-state index is 11.2. The minimum atomic E-state index is -3.27. The molecular formula is C4H5F5. The Bertz CT molecular complexity index is 63.4. The van der Waals surface area contributed by atoms with Gasteiger partial charge >= 0.3 is 0 Å². The van der Waals surface area contributed by atoms with Crippen LogP contribution in [0.4, 0.5) is 22.0 Å². The molecule has 0 saturated heterocycles. The maximum absolute atomic E-state index is 11.2. The van der Waals surface area contributed by atoms with E-state index in [0.717, 1.165) is 0 Å². The molecule has 0 N–H and O–H groups in total. The highest BCUT2D eigenvalue weighted by Crippen LogP contribution is 2.18. The smallest absolute Gasteiger partial charge is 0.249 e. The Hall–Kier alpha value is -0.350. The zero-order valence-electron chi connectivity index (χ0n) is 4.33. The predicted molar refractivity (Wildman–Crippen MR) is 21.5 cm³/mol. The monoisotopic (exact) mass is 148 g/mol. The molecule has 0 heterocycles. The first-order valence-corrected chi connectivity index (χ1v) is 2.22. The van der Waals surface area contributed by atoms with Crippen LogP contribution in [-0.2, 0) is 0 Å². The average molecular weight is 148 g/mol. The van der Waals surface area contributed by atoms with Gasteiger partial charge in [0.15, 0.2) is 0 Å². The highest BCUT2D eigenvalue weighted by molar-refractivity contribution is 4.61. The van der Waals surface area contributed by atoms with E-state index in [1.165, 1.54) is 0 Å². The maximum Gasteiger partial charge on any atom is 0.249 e. The number of hydrogen-bond donors (Lipinski definition) is 0. The van der Waals surface area contributed by atoms with Crippen LogP contribution in [0.25, 0.3) is 0 Å². The van der Waals surface area contributed by atoms with Crippen LogP contribution in [0.1, 0.15) is 0 Å². The Labute approximate surface area is 48.7 Å². The van der Waals surface area contributed by atoms with Gasteiger partial charge in [0, 0.05) is 0 Å². The van der Waals surface area contributed by atoms with Crippen LogP contribution in [0.5, 0.6) is 0 Å². The van der Waals surface area contributed by atoms with Crippen molar-refractivity contribution in [1.82, 2.24) is 0 Å². The van der Waals surface area contributed by atoms with Crippen LogP contribution in [0.15, 0.2) is 0 Å². The standard InChI is InChI=1S/C4H5F5/c5-1-2(3(6)7)4(8)9/h2-4H,1H2. The van der Waals surface area contributed by atoms with E-state index in [-0.39, 0.29) is 0 Å². The molecule has 0 aliphatic rings. The van der Waals surface area contributed by atoms with Crippen molar-refractivity contribution >= 4 is 0 Å². The highest BCUT2D eigenvalue weighted by Gasteiger charge is 2.29. The van der Waals surface area contributed by atoms with Crippen LogP contribution in [0.2, 0.25) is 0 Å². The molecular weight excluding hydrogens is 143 g/mol. The molecule has 5 heteroatoms. The van der Waals surface area contributed by atoms with Gasteiger partial charge in [0.1, 0.15) is 12.6 Å².